The number of halogens is 1. The Hall–Kier alpha value is -1.65. The van der Waals surface area contributed by atoms with E-state index in [9.17, 15) is 4.39 Å². The van der Waals surface area contributed by atoms with Crippen LogP contribution in [0.15, 0.2) is 18.3 Å². The third kappa shape index (κ3) is 0.739. The van der Waals surface area contributed by atoms with Gasteiger partial charge in [-0.05, 0) is 12.1 Å². The Kier molecular flexibility index (Phi) is 1.06. The molecule has 2 N–H and O–H groups in total. The number of rotatable bonds is 0. The second kappa shape index (κ2) is 1.91. The van der Waals surface area contributed by atoms with Crippen LogP contribution in [0.5, 0.6) is 0 Å². The van der Waals surface area contributed by atoms with Gasteiger partial charge in [0.15, 0.2) is 0 Å². The van der Waals surface area contributed by atoms with Crippen LogP contribution in [0.2, 0.25) is 0 Å². The lowest BCUT2D eigenvalue weighted by molar-refractivity contribution is 0.568. The zero-order valence-electron chi connectivity index (χ0n) is 5.53. The van der Waals surface area contributed by atoms with E-state index in [4.69, 9.17) is 5.73 Å². The minimum absolute atomic E-state index is 0.186. The Morgan fingerprint density at radius 1 is 1.45 bits per heavy atom. The highest BCUT2D eigenvalue weighted by Crippen LogP contribution is 2.08. The molecule has 2 aromatic rings. The number of hydrogen-bond donors (Lipinski definition) is 1. The number of anilines is 1. The van der Waals surface area contributed by atoms with E-state index in [-0.39, 0.29) is 5.95 Å². The van der Waals surface area contributed by atoms with Crippen LogP contribution in [0.1, 0.15) is 0 Å². The van der Waals surface area contributed by atoms with Crippen molar-refractivity contribution in [3.63, 3.8) is 0 Å². The van der Waals surface area contributed by atoms with Gasteiger partial charge in [0.1, 0.15) is 5.52 Å². The molecule has 2 rings (SSSR count). The van der Waals surface area contributed by atoms with Gasteiger partial charge in [-0.1, -0.05) is 0 Å². The Labute approximate surface area is 61.5 Å². The van der Waals surface area contributed by atoms with E-state index in [2.05, 4.69) is 10.2 Å². The quantitative estimate of drug-likeness (QED) is 0.596. The Bertz CT molecular complexity index is 358. The smallest absolute Gasteiger partial charge is 0.257 e. The van der Waals surface area contributed by atoms with E-state index in [0.717, 1.165) is 0 Å². The van der Waals surface area contributed by atoms with Crippen molar-refractivity contribution in [3.05, 3.63) is 24.3 Å². The number of nitrogens with zero attached hydrogens (tertiary/aromatic N) is 3. The minimum atomic E-state index is -0.607. The predicted octanol–water partition coefficient (Wildman–Crippen LogP) is 0.451. The molecule has 5 heteroatoms. The van der Waals surface area contributed by atoms with Gasteiger partial charge in [0.2, 0.25) is 5.95 Å². The van der Waals surface area contributed by atoms with Crippen LogP contribution in [-0.2, 0) is 0 Å². The van der Waals surface area contributed by atoms with Gasteiger partial charge in [0.05, 0.1) is 0 Å². The topological polar surface area (TPSA) is 56.2 Å². The summed E-state index contributed by atoms with van der Waals surface area (Å²) in [6, 6.07) is 3.26. The molecule has 2 heterocycles. The molecule has 0 atom stereocenters. The van der Waals surface area contributed by atoms with Gasteiger partial charge in [-0.2, -0.15) is 4.39 Å². The highest BCUT2D eigenvalue weighted by atomic mass is 19.1. The number of hydrogen-bond acceptors (Lipinski definition) is 3. The summed E-state index contributed by atoms with van der Waals surface area (Å²) in [7, 11) is 0. The van der Waals surface area contributed by atoms with Gasteiger partial charge in [-0.3, -0.25) is 4.40 Å². The Morgan fingerprint density at radius 3 is 3.00 bits per heavy atom. The van der Waals surface area contributed by atoms with Crippen molar-refractivity contribution in [2.45, 2.75) is 0 Å². The Morgan fingerprint density at radius 2 is 2.27 bits per heavy atom. The molecule has 0 aromatic carbocycles. The fraction of sp³-hybridized carbons (Fsp3) is 0. The minimum Gasteiger partial charge on any atom is -0.368 e. The van der Waals surface area contributed by atoms with Crippen LogP contribution in [0.3, 0.4) is 0 Å². The van der Waals surface area contributed by atoms with Gasteiger partial charge >= 0.3 is 0 Å². The summed E-state index contributed by atoms with van der Waals surface area (Å²) in [5.41, 5.74) is 5.74. The van der Waals surface area contributed by atoms with Gasteiger partial charge in [-0.15, -0.1) is 10.2 Å². The summed E-state index contributed by atoms with van der Waals surface area (Å²) in [4.78, 5) is 0. The van der Waals surface area contributed by atoms with Crippen LogP contribution in [0.25, 0.3) is 5.52 Å². The van der Waals surface area contributed by atoms with Crippen LogP contribution in [-0.4, -0.2) is 14.6 Å². The first-order valence-corrected chi connectivity index (χ1v) is 3.04. The van der Waals surface area contributed by atoms with Crippen molar-refractivity contribution < 1.29 is 4.39 Å². The van der Waals surface area contributed by atoms with Crippen molar-refractivity contribution in [2.75, 3.05) is 5.73 Å². The fourth-order valence-electron chi connectivity index (χ4n) is 0.943. The number of fused-ring (bicyclic) bond motifs is 1. The summed E-state index contributed by atoms with van der Waals surface area (Å²) in [6.45, 7) is 0. The van der Waals surface area contributed by atoms with Crippen LogP contribution >= 0.6 is 0 Å². The van der Waals surface area contributed by atoms with Crippen molar-refractivity contribution in [1.29, 1.82) is 0 Å². The van der Waals surface area contributed by atoms with Crippen LogP contribution < -0.4 is 5.73 Å². The molecule has 0 bridgehead atoms. The summed E-state index contributed by atoms with van der Waals surface area (Å²) in [5, 5.41) is 6.61. The fourth-order valence-corrected chi connectivity index (χ4v) is 0.943. The molecule has 56 valence electrons. The lowest BCUT2D eigenvalue weighted by atomic mass is 10.5. The molecule has 0 aliphatic rings. The number of aromatic nitrogens is 3. The molecule has 0 saturated carbocycles. The maximum atomic E-state index is 12.7. The van der Waals surface area contributed by atoms with Crippen molar-refractivity contribution in [2.24, 2.45) is 0 Å². The van der Waals surface area contributed by atoms with E-state index < -0.39 is 5.95 Å². The first-order chi connectivity index (χ1) is 5.29. The van der Waals surface area contributed by atoms with E-state index in [1.54, 1.807) is 18.3 Å². The molecule has 11 heavy (non-hydrogen) atoms. The van der Waals surface area contributed by atoms with E-state index in [1.807, 2.05) is 0 Å². The molecule has 0 amide bonds. The summed E-state index contributed by atoms with van der Waals surface area (Å²) >= 11 is 0. The summed E-state index contributed by atoms with van der Waals surface area (Å²) in [6.07, 6.45) is 1.63. The standard InChI is InChI=1S/C6H5FN4/c7-5-4-2-1-3-11(4)6(8)10-9-5/h1-3H,(H2,8,10). The average molecular weight is 152 g/mol. The van der Waals surface area contributed by atoms with Crippen molar-refractivity contribution in [1.82, 2.24) is 14.6 Å². The van der Waals surface area contributed by atoms with Gasteiger partial charge in [-0.25, -0.2) is 0 Å². The Balaban J connectivity index is 2.96. The van der Waals surface area contributed by atoms with E-state index >= 15 is 0 Å². The third-order valence-corrected chi connectivity index (χ3v) is 1.45. The molecule has 0 radical (unpaired) electrons. The number of nitrogens with two attached hydrogens (primary N) is 1. The zero-order valence-corrected chi connectivity index (χ0v) is 5.53. The molecule has 2 aromatic heterocycles. The molecule has 0 aliphatic carbocycles. The highest BCUT2D eigenvalue weighted by molar-refractivity contribution is 5.49. The molecule has 0 unspecified atom stereocenters. The SMILES string of the molecule is Nc1nnc(F)c2cccn12. The molecule has 4 nitrogen and oxygen atoms in total. The maximum absolute atomic E-state index is 12.7. The summed E-state index contributed by atoms with van der Waals surface area (Å²) in [5.74, 6) is -0.421. The molecule has 0 saturated heterocycles. The molecule has 0 aliphatic heterocycles. The number of nitrogen functional groups attached to an aromatic ring is 1. The molecule has 0 fully saturated rings. The second-order valence-electron chi connectivity index (χ2n) is 2.11. The maximum Gasteiger partial charge on any atom is 0.257 e. The predicted molar refractivity (Wildman–Crippen MR) is 37.4 cm³/mol. The van der Waals surface area contributed by atoms with Crippen molar-refractivity contribution in [3.8, 4) is 0 Å². The van der Waals surface area contributed by atoms with Crippen LogP contribution in [0.4, 0.5) is 10.3 Å². The third-order valence-electron chi connectivity index (χ3n) is 1.45. The van der Waals surface area contributed by atoms with Crippen LogP contribution in [0, 0.1) is 5.95 Å². The van der Waals surface area contributed by atoms with E-state index in [1.165, 1.54) is 4.40 Å². The first-order valence-electron chi connectivity index (χ1n) is 3.04. The molecule has 0 spiro atoms. The highest BCUT2D eigenvalue weighted by Gasteiger charge is 2.03. The van der Waals surface area contributed by atoms with Gasteiger partial charge < -0.3 is 5.73 Å². The first kappa shape index (κ1) is 6.09. The monoisotopic (exact) mass is 152 g/mol. The van der Waals surface area contributed by atoms with Gasteiger partial charge in [0, 0.05) is 6.20 Å². The van der Waals surface area contributed by atoms with Crippen molar-refractivity contribution >= 4 is 11.5 Å². The van der Waals surface area contributed by atoms with Gasteiger partial charge in [0.25, 0.3) is 5.95 Å². The lowest BCUT2D eigenvalue weighted by Crippen LogP contribution is -2.03. The van der Waals surface area contributed by atoms with E-state index in [0.29, 0.717) is 5.52 Å². The summed E-state index contributed by atoms with van der Waals surface area (Å²) < 4.78 is 14.2. The zero-order chi connectivity index (χ0) is 7.84. The average Bonchev–Trinajstić information content (AvgIpc) is 2.45. The second-order valence-corrected chi connectivity index (χ2v) is 2.11. The largest absolute Gasteiger partial charge is 0.368 e. The lowest BCUT2D eigenvalue weighted by Gasteiger charge is -1.96. The molecular formula is C6H5FN4. The normalized spacial score (nSPS) is 10.6. The molecular weight excluding hydrogens is 147 g/mol.